The highest BCUT2D eigenvalue weighted by molar-refractivity contribution is 9.10. The fourth-order valence-corrected chi connectivity index (χ4v) is 4.16. The van der Waals surface area contributed by atoms with Crippen molar-refractivity contribution in [1.29, 1.82) is 0 Å². The van der Waals surface area contributed by atoms with Gasteiger partial charge in [-0.3, -0.25) is 4.79 Å². The van der Waals surface area contributed by atoms with E-state index in [0.717, 1.165) is 45.8 Å². The predicted octanol–water partition coefficient (Wildman–Crippen LogP) is 4.40. The summed E-state index contributed by atoms with van der Waals surface area (Å²) < 4.78 is 3.26. The van der Waals surface area contributed by atoms with Crippen molar-refractivity contribution >= 4 is 37.7 Å². The van der Waals surface area contributed by atoms with E-state index < -0.39 is 0 Å². The zero-order chi connectivity index (χ0) is 16.5. The Morgan fingerprint density at radius 1 is 0.917 bits per heavy atom. The Morgan fingerprint density at radius 3 is 2.50 bits per heavy atom. The van der Waals surface area contributed by atoms with Gasteiger partial charge in [-0.15, -0.1) is 0 Å². The van der Waals surface area contributed by atoms with E-state index in [2.05, 4.69) is 37.5 Å². The average molecular weight is 385 g/mol. The number of aromatic nitrogens is 1. The summed E-state index contributed by atoms with van der Waals surface area (Å²) in [7, 11) is 0. The van der Waals surface area contributed by atoms with Gasteiger partial charge < -0.3 is 9.47 Å². The molecule has 24 heavy (non-hydrogen) atoms. The monoisotopic (exact) mass is 384 g/mol. The van der Waals surface area contributed by atoms with E-state index in [-0.39, 0.29) is 5.43 Å². The highest BCUT2D eigenvalue weighted by Gasteiger charge is 2.13. The molecule has 124 valence electrons. The normalized spacial score (nSPS) is 15.5. The molecule has 4 heteroatoms. The molecule has 1 saturated heterocycles. The van der Waals surface area contributed by atoms with Gasteiger partial charge in [-0.05, 0) is 69.2 Å². The molecule has 0 N–H and O–H groups in total. The first-order chi connectivity index (χ1) is 11.7. The number of benzene rings is 2. The Balaban J connectivity index is 1.78. The van der Waals surface area contributed by atoms with Gasteiger partial charge >= 0.3 is 0 Å². The van der Waals surface area contributed by atoms with Crippen LogP contribution in [0, 0.1) is 0 Å². The maximum absolute atomic E-state index is 12.8. The van der Waals surface area contributed by atoms with Gasteiger partial charge in [0.25, 0.3) is 0 Å². The molecule has 0 aliphatic carbocycles. The Hall–Kier alpha value is -1.65. The molecule has 1 fully saturated rings. The molecule has 0 bridgehead atoms. The van der Waals surface area contributed by atoms with E-state index >= 15 is 0 Å². The summed E-state index contributed by atoms with van der Waals surface area (Å²) in [5, 5.41) is 1.61. The first-order valence-corrected chi connectivity index (χ1v) is 9.46. The maximum atomic E-state index is 12.8. The van der Waals surface area contributed by atoms with Crippen LogP contribution < -0.4 is 5.43 Å². The molecule has 0 amide bonds. The summed E-state index contributed by atoms with van der Waals surface area (Å²) in [6.07, 6.45) is 3.77. The molecule has 3 nitrogen and oxygen atoms in total. The maximum Gasteiger partial charge on any atom is 0.197 e. The number of hydrogen-bond donors (Lipinski definition) is 0. The summed E-state index contributed by atoms with van der Waals surface area (Å²) in [4.78, 5) is 15.4. The van der Waals surface area contributed by atoms with E-state index in [4.69, 9.17) is 0 Å². The Kier molecular flexibility index (Phi) is 4.42. The van der Waals surface area contributed by atoms with Crippen molar-refractivity contribution in [2.24, 2.45) is 0 Å². The zero-order valence-corrected chi connectivity index (χ0v) is 15.3. The highest BCUT2D eigenvalue weighted by atomic mass is 79.9. The van der Waals surface area contributed by atoms with Crippen LogP contribution in [0.25, 0.3) is 21.8 Å². The van der Waals surface area contributed by atoms with Crippen LogP contribution in [0.2, 0.25) is 0 Å². The fraction of sp³-hybridized carbons (Fsp3) is 0.350. The predicted molar refractivity (Wildman–Crippen MR) is 104 cm³/mol. The lowest BCUT2D eigenvalue weighted by Gasteiger charge is -2.18. The summed E-state index contributed by atoms with van der Waals surface area (Å²) in [5.41, 5.74) is 2.19. The highest BCUT2D eigenvalue weighted by Crippen LogP contribution is 2.23. The van der Waals surface area contributed by atoms with Crippen LogP contribution in [-0.2, 0) is 6.54 Å². The van der Waals surface area contributed by atoms with Gasteiger partial charge in [0.1, 0.15) is 0 Å². The van der Waals surface area contributed by atoms with Gasteiger partial charge in [-0.1, -0.05) is 28.1 Å². The molecular formula is C20H21BrN2O. The van der Waals surface area contributed by atoms with Crippen LogP contribution in [0.4, 0.5) is 0 Å². The van der Waals surface area contributed by atoms with E-state index in [1.54, 1.807) is 0 Å². The van der Waals surface area contributed by atoms with E-state index in [9.17, 15) is 4.79 Å². The standard InChI is InChI=1S/C20H21BrN2O/c21-15-8-9-19-17(14-15)20(24)16-6-1-2-7-18(16)23(19)13-5-12-22-10-3-4-11-22/h1-2,6-9,14H,3-5,10-13H2. The lowest BCUT2D eigenvalue weighted by Crippen LogP contribution is -2.22. The van der Waals surface area contributed by atoms with Crippen LogP contribution in [-0.4, -0.2) is 29.1 Å². The van der Waals surface area contributed by atoms with Crippen molar-refractivity contribution in [3.63, 3.8) is 0 Å². The average Bonchev–Trinajstić information content (AvgIpc) is 3.11. The second-order valence-corrected chi connectivity index (χ2v) is 7.48. The number of hydrogen-bond acceptors (Lipinski definition) is 2. The molecule has 0 spiro atoms. The Bertz CT molecular complexity index is 941. The summed E-state index contributed by atoms with van der Waals surface area (Å²) in [6.45, 7) is 4.55. The molecule has 2 aromatic carbocycles. The lowest BCUT2D eigenvalue weighted by molar-refractivity contribution is 0.327. The second-order valence-electron chi connectivity index (χ2n) is 6.56. The van der Waals surface area contributed by atoms with Gasteiger partial charge in [0.05, 0.1) is 11.0 Å². The molecule has 0 saturated carbocycles. The molecule has 1 aliphatic heterocycles. The van der Waals surface area contributed by atoms with Crippen LogP contribution in [0.5, 0.6) is 0 Å². The Morgan fingerprint density at radius 2 is 1.67 bits per heavy atom. The van der Waals surface area contributed by atoms with Gasteiger partial charge in [-0.25, -0.2) is 0 Å². The van der Waals surface area contributed by atoms with Gasteiger partial charge in [-0.2, -0.15) is 0 Å². The zero-order valence-electron chi connectivity index (χ0n) is 13.7. The largest absolute Gasteiger partial charge is 0.340 e. The topological polar surface area (TPSA) is 25.2 Å². The van der Waals surface area contributed by atoms with Gasteiger partial charge in [0, 0.05) is 21.8 Å². The number of fused-ring (bicyclic) bond motifs is 2. The number of aryl methyl sites for hydroxylation is 1. The minimum absolute atomic E-state index is 0.123. The van der Waals surface area contributed by atoms with E-state index in [1.807, 2.05) is 30.3 Å². The van der Waals surface area contributed by atoms with Gasteiger partial charge in [0.2, 0.25) is 0 Å². The van der Waals surface area contributed by atoms with Crippen LogP contribution in [0.1, 0.15) is 19.3 Å². The number of halogens is 1. The molecule has 1 aliphatic rings. The smallest absolute Gasteiger partial charge is 0.197 e. The first kappa shape index (κ1) is 15.9. The number of rotatable bonds is 4. The fourth-order valence-electron chi connectivity index (χ4n) is 3.80. The Labute approximate surface area is 150 Å². The van der Waals surface area contributed by atoms with Crippen LogP contribution in [0.15, 0.2) is 51.7 Å². The van der Waals surface area contributed by atoms with E-state index in [1.165, 1.54) is 25.9 Å². The third kappa shape index (κ3) is 2.89. The third-order valence-electron chi connectivity index (χ3n) is 4.99. The van der Waals surface area contributed by atoms with Crippen molar-refractivity contribution in [2.45, 2.75) is 25.8 Å². The van der Waals surface area contributed by atoms with Crippen molar-refractivity contribution in [3.8, 4) is 0 Å². The first-order valence-electron chi connectivity index (χ1n) is 8.67. The molecule has 0 radical (unpaired) electrons. The lowest BCUT2D eigenvalue weighted by atomic mass is 10.1. The van der Waals surface area contributed by atoms with Gasteiger partial charge in [0.15, 0.2) is 5.43 Å². The third-order valence-corrected chi connectivity index (χ3v) is 5.48. The SMILES string of the molecule is O=c1c2ccccc2n(CCCN2CCCC2)c2ccc(Br)cc12. The number of nitrogens with zero attached hydrogens (tertiary/aromatic N) is 2. The summed E-state index contributed by atoms with van der Waals surface area (Å²) in [6, 6.07) is 14.0. The number of pyridine rings is 1. The van der Waals surface area contributed by atoms with E-state index in [0.29, 0.717) is 0 Å². The number of likely N-dealkylation sites (tertiary alicyclic amines) is 1. The molecule has 0 atom stereocenters. The quantitative estimate of drug-likeness (QED) is 0.622. The minimum atomic E-state index is 0.123. The van der Waals surface area contributed by atoms with Crippen LogP contribution >= 0.6 is 15.9 Å². The minimum Gasteiger partial charge on any atom is -0.340 e. The number of para-hydroxylation sites is 1. The summed E-state index contributed by atoms with van der Waals surface area (Å²) in [5.74, 6) is 0. The molecule has 0 unspecified atom stereocenters. The molecule has 2 heterocycles. The van der Waals surface area contributed by atoms with Crippen molar-refractivity contribution in [3.05, 3.63) is 57.2 Å². The second kappa shape index (κ2) is 6.69. The van der Waals surface area contributed by atoms with Crippen LogP contribution in [0.3, 0.4) is 0 Å². The van der Waals surface area contributed by atoms with Crippen molar-refractivity contribution in [1.82, 2.24) is 9.47 Å². The van der Waals surface area contributed by atoms with Crippen molar-refractivity contribution < 1.29 is 0 Å². The molecular weight excluding hydrogens is 364 g/mol. The van der Waals surface area contributed by atoms with Crippen molar-refractivity contribution in [2.75, 3.05) is 19.6 Å². The molecule has 4 rings (SSSR count). The summed E-state index contributed by atoms with van der Waals surface area (Å²) >= 11 is 3.50. The molecule has 3 aromatic rings. The molecule has 1 aromatic heterocycles.